The molecule has 1 unspecified atom stereocenters. The molecule has 0 aromatic heterocycles. The number of carbonyl (C=O) groups excluding carboxylic acids is 1. The van der Waals surface area contributed by atoms with Crippen molar-refractivity contribution in [2.24, 2.45) is 11.8 Å². The van der Waals surface area contributed by atoms with Crippen LogP contribution in [0, 0.1) is 11.8 Å². The molecule has 1 saturated carbocycles. The van der Waals surface area contributed by atoms with Gasteiger partial charge in [0.15, 0.2) is 0 Å². The van der Waals surface area contributed by atoms with Gasteiger partial charge in [-0.1, -0.05) is 32.1 Å². The predicted molar refractivity (Wildman–Crippen MR) is 63.9 cm³/mol. The summed E-state index contributed by atoms with van der Waals surface area (Å²) in [6, 6.07) is 0. The molecule has 0 aromatic rings. The normalized spacial score (nSPS) is 20.1. The first-order valence-electron chi connectivity index (χ1n) is 6.39. The maximum Gasteiger partial charge on any atom is 0.132 e. The van der Waals surface area contributed by atoms with Gasteiger partial charge in [0.2, 0.25) is 0 Å². The van der Waals surface area contributed by atoms with E-state index >= 15 is 0 Å². The Hall–Kier alpha value is -0.370. The topological polar surface area (TPSA) is 29.1 Å². The third-order valence-corrected chi connectivity index (χ3v) is 3.66. The van der Waals surface area contributed by atoms with Gasteiger partial charge < -0.3 is 5.32 Å². The Kier molecular flexibility index (Phi) is 5.92. The lowest BCUT2D eigenvalue weighted by Gasteiger charge is -2.25. The second-order valence-corrected chi connectivity index (χ2v) is 4.94. The van der Waals surface area contributed by atoms with Crippen molar-refractivity contribution < 1.29 is 4.79 Å². The van der Waals surface area contributed by atoms with Crippen LogP contribution in [0.25, 0.3) is 0 Å². The number of hydrogen-bond donors (Lipinski definition) is 1. The van der Waals surface area contributed by atoms with Gasteiger partial charge in [0.25, 0.3) is 0 Å². The highest BCUT2D eigenvalue weighted by Crippen LogP contribution is 2.30. The van der Waals surface area contributed by atoms with Crippen molar-refractivity contribution in [2.75, 3.05) is 13.6 Å². The molecule has 1 aliphatic carbocycles. The molecule has 0 saturated heterocycles. The Morgan fingerprint density at radius 3 is 2.53 bits per heavy atom. The molecule has 15 heavy (non-hydrogen) atoms. The van der Waals surface area contributed by atoms with E-state index in [4.69, 9.17) is 0 Å². The van der Waals surface area contributed by atoms with Gasteiger partial charge in [-0.15, -0.1) is 0 Å². The minimum absolute atomic E-state index is 0.306. The van der Waals surface area contributed by atoms with E-state index in [0.717, 1.165) is 25.3 Å². The minimum atomic E-state index is 0.306. The van der Waals surface area contributed by atoms with Crippen LogP contribution in [-0.4, -0.2) is 19.4 Å². The van der Waals surface area contributed by atoms with Gasteiger partial charge >= 0.3 is 0 Å². The van der Waals surface area contributed by atoms with E-state index in [2.05, 4.69) is 5.32 Å². The summed E-state index contributed by atoms with van der Waals surface area (Å²) in [5.74, 6) is 1.51. The van der Waals surface area contributed by atoms with Crippen LogP contribution in [0.1, 0.15) is 51.9 Å². The lowest BCUT2D eigenvalue weighted by atomic mass is 9.81. The van der Waals surface area contributed by atoms with E-state index in [1.165, 1.54) is 32.1 Å². The van der Waals surface area contributed by atoms with Crippen LogP contribution in [-0.2, 0) is 4.79 Å². The summed E-state index contributed by atoms with van der Waals surface area (Å²) in [6.07, 6.45) is 9.01. The van der Waals surface area contributed by atoms with Crippen molar-refractivity contribution in [3.05, 3.63) is 0 Å². The highest BCUT2D eigenvalue weighted by atomic mass is 16.1. The molecule has 1 rings (SSSR count). The lowest BCUT2D eigenvalue weighted by Crippen LogP contribution is -2.22. The number of nitrogens with one attached hydrogen (secondary N) is 1. The van der Waals surface area contributed by atoms with E-state index < -0.39 is 0 Å². The molecular weight excluding hydrogens is 186 g/mol. The third kappa shape index (κ3) is 4.78. The molecule has 1 atom stereocenters. The highest BCUT2D eigenvalue weighted by Gasteiger charge is 2.21. The maximum atomic E-state index is 11.5. The SMILES string of the molecule is CNCCC(CC1CCCCC1)C(C)=O. The van der Waals surface area contributed by atoms with Crippen molar-refractivity contribution in [1.29, 1.82) is 0 Å². The second kappa shape index (κ2) is 7.00. The minimum Gasteiger partial charge on any atom is -0.320 e. The van der Waals surface area contributed by atoms with Crippen molar-refractivity contribution in [2.45, 2.75) is 51.9 Å². The first-order chi connectivity index (χ1) is 7.24. The Labute approximate surface area is 93.8 Å². The van der Waals surface area contributed by atoms with Crippen LogP contribution in [0.15, 0.2) is 0 Å². The van der Waals surface area contributed by atoms with Crippen LogP contribution in [0.2, 0.25) is 0 Å². The molecule has 1 N–H and O–H groups in total. The summed E-state index contributed by atoms with van der Waals surface area (Å²) in [7, 11) is 1.96. The molecule has 0 bridgehead atoms. The number of Topliss-reactive ketones (excluding diaryl/α,β-unsaturated/α-hetero) is 1. The fraction of sp³-hybridized carbons (Fsp3) is 0.923. The Morgan fingerprint density at radius 2 is 2.00 bits per heavy atom. The summed E-state index contributed by atoms with van der Waals surface area (Å²) < 4.78 is 0. The van der Waals surface area contributed by atoms with Crippen molar-refractivity contribution in [3.8, 4) is 0 Å². The number of rotatable bonds is 6. The van der Waals surface area contributed by atoms with E-state index in [-0.39, 0.29) is 0 Å². The average Bonchev–Trinajstić information content (AvgIpc) is 2.25. The van der Waals surface area contributed by atoms with Crippen LogP contribution in [0.3, 0.4) is 0 Å². The number of ketones is 1. The van der Waals surface area contributed by atoms with Crippen molar-refractivity contribution in [1.82, 2.24) is 5.32 Å². The van der Waals surface area contributed by atoms with Gasteiger partial charge in [0.1, 0.15) is 5.78 Å². The molecule has 1 aliphatic rings. The molecule has 0 heterocycles. The van der Waals surface area contributed by atoms with Crippen molar-refractivity contribution >= 4 is 5.78 Å². The molecule has 1 fully saturated rings. The molecular formula is C13H25NO. The van der Waals surface area contributed by atoms with Gasteiger partial charge in [0.05, 0.1) is 0 Å². The highest BCUT2D eigenvalue weighted by molar-refractivity contribution is 5.78. The van der Waals surface area contributed by atoms with Crippen LogP contribution in [0.5, 0.6) is 0 Å². The molecule has 0 aliphatic heterocycles. The molecule has 0 radical (unpaired) electrons. The smallest absolute Gasteiger partial charge is 0.132 e. The Bertz CT molecular complexity index is 185. The van der Waals surface area contributed by atoms with Gasteiger partial charge in [-0.2, -0.15) is 0 Å². The molecule has 2 heteroatoms. The summed E-state index contributed by atoms with van der Waals surface area (Å²) in [4.78, 5) is 11.5. The summed E-state index contributed by atoms with van der Waals surface area (Å²) >= 11 is 0. The zero-order valence-electron chi connectivity index (χ0n) is 10.2. The first-order valence-corrected chi connectivity index (χ1v) is 6.39. The summed E-state index contributed by atoms with van der Waals surface area (Å²) in [5.41, 5.74) is 0. The number of hydrogen-bond acceptors (Lipinski definition) is 2. The zero-order chi connectivity index (χ0) is 11.1. The third-order valence-electron chi connectivity index (χ3n) is 3.66. The summed E-state index contributed by atoms with van der Waals surface area (Å²) in [5, 5.41) is 3.14. The van der Waals surface area contributed by atoms with Gasteiger partial charge in [0, 0.05) is 5.92 Å². The number of carbonyl (C=O) groups is 1. The standard InChI is InChI=1S/C13H25NO/c1-11(15)13(8-9-14-2)10-12-6-4-3-5-7-12/h12-14H,3-10H2,1-2H3. The molecule has 0 spiro atoms. The van der Waals surface area contributed by atoms with E-state index in [1.807, 2.05) is 7.05 Å². The average molecular weight is 211 g/mol. The zero-order valence-corrected chi connectivity index (χ0v) is 10.2. The lowest BCUT2D eigenvalue weighted by molar-refractivity contribution is -0.121. The second-order valence-electron chi connectivity index (χ2n) is 4.94. The van der Waals surface area contributed by atoms with Gasteiger partial charge in [-0.05, 0) is 39.3 Å². The van der Waals surface area contributed by atoms with Crippen LogP contribution < -0.4 is 5.32 Å². The predicted octanol–water partition coefficient (Wildman–Crippen LogP) is 2.77. The van der Waals surface area contributed by atoms with Crippen LogP contribution in [0.4, 0.5) is 0 Å². The first kappa shape index (κ1) is 12.7. The monoisotopic (exact) mass is 211 g/mol. The maximum absolute atomic E-state index is 11.5. The van der Waals surface area contributed by atoms with Crippen LogP contribution >= 0.6 is 0 Å². The summed E-state index contributed by atoms with van der Waals surface area (Å²) in [6.45, 7) is 2.72. The fourth-order valence-electron chi connectivity index (χ4n) is 2.63. The molecule has 88 valence electrons. The van der Waals surface area contributed by atoms with Gasteiger partial charge in [-0.3, -0.25) is 4.79 Å². The Morgan fingerprint density at radius 1 is 1.33 bits per heavy atom. The van der Waals surface area contributed by atoms with Crippen molar-refractivity contribution in [3.63, 3.8) is 0 Å². The van der Waals surface area contributed by atoms with E-state index in [1.54, 1.807) is 6.92 Å². The quantitative estimate of drug-likeness (QED) is 0.732. The molecule has 2 nitrogen and oxygen atoms in total. The molecule has 0 aromatic carbocycles. The fourth-order valence-corrected chi connectivity index (χ4v) is 2.63. The van der Waals surface area contributed by atoms with E-state index in [9.17, 15) is 4.79 Å². The largest absolute Gasteiger partial charge is 0.320 e. The van der Waals surface area contributed by atoms with E-state index in [0.29, 0.717) is 11.7 Å². The van der Waals surface area contributed by atoms with Gasteiger partial charge in [-0.25, -0.2) is 0 Å². The Balaban J connectivity index is 2.31. The molecule has 0 amide bonds.